The van der Waals surface area contributed by atoms with E-state index < -0.39 is 0 Å². The van der Waals surface area contributed by atoms with Crippen LogP contribution in [0, 0.1) is 0 Å². The van der Waals surface area contributed by atoms with E-state index in [0.29, 0.717) is 19.2 Å². The summed E-state index contributed by atoms with van der Waals surface area (Å²) in [4.78, 5) is 11.5. The van der Waals surface area contributed by atoms with Crippen molar-refractivity contribution in [1.82, 2.24) is 10.6 Å². The minimum absolute atomic E-state index is 0.0397. The number of benzene rings is 2. The molecule has 4 nitrogen and oxygen atoms in total. The summed E-state index contributed by atoms with van der Waals surface area (Å²) in [5.74, 6) is 0.879. The predicted molar refractivity (Wildman–Crippen MR) is 95.1 cm³/mol. The van der Waals surface area contributed by atoms with Gasteiger partial charge < -0.3 is 15.4 Å². The standard InChI is InChI=1S/C20H24N2O2/c23-20(22-18-10-11-18)21-14-4-7-16-8-12-19(13-9-16)24-15-17-5-2-1-3-6-17/h1-3,5-6,8-9,12-13,18H,4,7,10-11,14-15H2,(H2,21,22,23). The summed E-state index contributed by atoms with van der Waals surface area (Å²) in [5, 5.41) is 5.82. The Bertz CT molecular complexity index is 636. The van der Waals surface area contributed by atoms with E-state index in [1.165, 1.54) is 5.56 Å². The number of rotatable bonds is 8. The number of nitrogens with one attached hydrogen (secondary N) is 2. The molecule has 1 aliphatic carbocycles. The van der Waals surface area contributed by atoms with Crippen molar-refractivity contribution in [3.05, 3.63) is 65.7 Å². The van der Waals surface area contributed by atoms with Gasteiger partial charge in [-0.05, 0) is 48.9 Å². The maximum Gasteiger partial charge on any atom is 0.315 e. The highest BCUT2D eigenvalue weighted by atomic mass is 16.5. The van der Waals surface area contributed by atoms with Crippen LogP contribution in [-0.2, 0) is 13.0 Å². The molecule has 2 aromatic rings. The highest BCUT2D eigenvalue weighted by molar-refractivity contribution is 5.74. The highest BCUT2D eigenvalue weighted by Crippen LogP contribution is 2.18. The molecule has 0 saturated heterocycles. The Labute approximate surface area is 143 Å². The lowest BCUT2D eigenvalue weighted by molar-refractivity contribution is 0.240. The van der Waals surface area contributed by atoms with Crippen LogP contribution in [0.2, 0.25) is 0 Å². The molecular weight excluding hydrogens is 300 g/mol. The fraction of sp³-hybridized carbons (Fsp3) is 0.350. The SMILES string of the molecule is O=C(NCCCc1ccc(OCc2ccccc2)cc1)NC1CC1. The smallest absolute Gasteiger partial charge is 0.315 e. The lowest BCUT2D eigenvalue weighted by Crippen LogP contribution is -2.37. The van der Waals surface area contributed by atoms with Crippen LogP contribution in [0.1, 0.15) is 30.4 Å². The lowest BCUT2D eigenvalue weighted by atomic mass is 10.1. The van der Waals surface area contributed by atoms with Crippen molar-refractivity contribution in [2.75, 3.05) is 6.54 Å². The van der Waals surface area contributed by atoms with E-state index in [4.69, 9.17) is 4.74 Å². The van der Waals surface area contributed by atoms with Crippen molar-refractivity contribution >= 4 is 6.03 Å². The zero-order valence-corrected chi connectivity index (χ0v) is 13.8. The third-order valence-corrected chi connectivity index (χ3v) is 4.01. The summed E-state index contributed by atoms with van der Waals surface area (Å²) in [6, 6.07) is 18.7. The molecule has 0 aromatic heterocycles. The Morgan fingerprint density at radius 2 is 1.75 bits per heavy atom. The second kappa shape index (κ2) is 8.39. The Morgan fingerprint density at radius 1 is 1.00 bits per heavy atom. The summed E-state index contributed by atoms with van der Waals surface area (Å²) in [5.41, 5.74) is 2.42. The normalized spacial score (nSPS) is 13.3. The second-order valence-corrected chi connectivity index (χ2v) is 6.20. The van der Waals surface area contributed by atoms with E-state index in [-0.39, 0.29) is 6.03 Å². The minimum atomic E-state index is -0.0397. The first-order valence-corrected chi connectivity index (χ1v) is 8.59. The minimum Gasteiger partial charge on any atom is -0.489 e. The first-order valence-electron chi connectivity index (χ1n) is 8.59. The van der Waals surface area contributed by atoms with E-state index >= 15 is 0 Å². The van der Waals surface area contributed by atoms with Crippen LogP contribution in [0.5, 0.6) is 5.75 Å². The molecule has 3 rings (SSSR count). The fourth-order valence-corrected chi connectivity index (χ4v) is 2.45. The summed E-state index contributed by atoms with van der Waals surface area (Å²) in [6.45, 7) is 1.28. The van der Waals surface area contributed by atoms with Crippen LogP contribution in [0.3, 0.4) is 0 Å². The lowest BCUT2D eigenvalue weighted by Gasteiger charge is -2.08. The Morgan fingerprint density at radius 3 is 2.46 bits per heavy atom. The van der Waals surface area contributed by atoms with Crippen molar-refractivity contribution in [3.8, 4) is 5.75 Å². The average molecular weight is 324 g/mol. The molecule has 0 radical (unpaired) electrons. The molecule has 4 heteroatoms. The van der Waals surface area contributed by atoms with Gasteiger partial charge in [0.25, 0.3) is 0 Å². The number of ether oxygens (including phenoxy) is 1. The monoisotopic (exact) mass is 324 g/mol. The van der Waals surface area contributed by atoms with Crippen LogP contribution >= 0.6 is 0 Å². The quantitative estimate of drug-likeness (QED) is 0.728. The van der Waals surface area contributed by atoms with Gasteiger partial charge in [0.2, 0.25) is 0 Å². The first-order chi connectivity index (χ1) is 11.8. The number of amides is 2. The largest absolute Gasteiger partial charge is 0.489 e. The van der Waals surface area contributed by atoms with Crippen LogP contribution in [0.25, 0.3) is 0 Å². The Kier molecular flexibility index (Phi) is 5.72. The number of hydrogen-bond acceptors (Lipinski definition) is 2. The van der Waals surface area contributed by atoms with Crippen LogP contribution < -0.4 is 15.4 Å². The third-order valence-electron chi connectivity index (χ3n) is 4.01. The zero-order chi connectivity index (χ0) is 16.6. The maximum absolute atomic E-state index is 11.5. The molecule has 0 bridgehead atoms. The van der Waals surface area contributed by atoms with Gasteiger partial charge in [-0.2, -0.15) is 0 Å². The maximum atomic E-state index is 11.5. The van der Waals surface area contributed by atoms with Crippen molar-refractivity contribution in [1.29, 1.82) is 0 Å². The van der Waals surface area contributed by atoms with Crippen molar-refractivity contribution in [2.45, 2.75) is 38.3 Å². The predicted octanol–water partition coefficient (Wildman–Crippen LogP) is 3.66. The van der Waals surface area contributed by atoms with Gasteiger partial charge in [-0.3, -0.25) is 0 Å². The van der Waals surface area contributed by atoms with Gasteiger partial charge in [0.1, 0.15) is 12.4 Å². The van der Waals surface area contributed by atoms with E-state index in [9.17, 15) is 4.79 Å². The Balaban J connectivity index is 1.34. The molecule has 1 aliphatic rings. The molecule has 1 saturated carbocycles. The zero-order valence-electron chi connectivity index (χ0n) is 13.8. The van der Waals surface area contributed by atoms with E-state index in [1.54, 1.807) is 0 Å². The summed E-state index contributed by atoms with van der Waals surface area (Å²) in [7, 11) is 0. The van der Waals surface area contributed by atoms with Gasteiger partial charge in [0.05, 0.1) is 0 Å². The van der Waals surface area contributed by atoms with Gasteiger partial charge in [-0.15, -0.1) is 0 Å². The number of aryl methyl sites for hydroxylation is 1. The third kappa shape index (κ3) is 5.61. The van der Waals surface area contributed by atoms with E-state index in [0.717, 1.165) is 37.0 Å². The Hall–Kier alpha value is -2.49. The van der Waals surface area contributed by atoms with Crippen molar-refractivity contribution in [3.63, 3.8) is 0 Å². The van der Waals surface area contributed by atoms with Crippen LogP contribution in [0.15, 0.2) is 54.6 Å². The molecule has 0 unspecified atom stereocenters. The van der Waals surface area contributed by atoms with E-state index in [1.807, 2.05) is 30.3 Å². The highest BCUT2D eigenvalue weighted by Gasteiger charge is 2.22. The van der Waals surface area contributed by atoms with Crippen LogP contribution in [0.4, 0.5) is 4.79 Å². The topological polar surface area (TPSA) is 50.4 Å². The second-order valence-electron chi connectivity index (χ2n) is 6.20. The average Bonchev–Trinajstić information content (AvgIpc) is 3.43. The van der Waals surface area contributed by atoms with Crippen LogP contribution in [-0.4, -0.2) is 18.6 Å². The fourth-order valence-electron chi connectivity index (χ4n) is 2.45. The molecule has 1 fully saturated rings. The van der Waals surface area contributed by atoms with Gasteiger partial charge in [0, 0.05) is 12.6 Å². The van der Waals surface area contributed by atoms with Crippen molar-refractivity contribution in [2.24, 2.45) is 0 Å². The molecular formula is C20H24N2O2. The molecule has 0 spiro atoms. The summed E-state index contributed by atoms with van der Waals surface area (Å²) >= 11 is 0. The first kappa shape index (κ1) is 16.4. The van der Waals surface area contributed by atoms with Gasteiger partial charge >= 0.3 is 6.03 Å². The molecule has 2 amide bonds. The van der Waals surface area contributed by atoms with Gasteiger partial charge in [-0.25, -0.2) is 4.79 Å². The van der Waals surface area contributed by atoms with Gasteiger partial charge in [-0.1, -0.05) is 42.5 Å². The molecule has 24 heavy (non-hydrogen) atoms. The summed E-state index contributed by atoms with van der Waals surface area (Å²) in [6.07, 6.45) is 4.11. The number of hydrogen-bond donors (Lipinski definition) is 2. The number of carbonyl (C=O) groups excluding carboxylic acids is 1. The molecule has 0 aliphatic heterocycles. The van der Waals surface area contributed by atoms with Gasteiger partial charge in [0.15, 0.2) is 0 Å². The number of carbonyl (C=O) groups is 1. The molecule has 0 heterocycles. The number of urea groups is 1. The summed E-state index contributed by atoms with van der Waals surface area (Å²) < 4.78 is 5.78. The molecule has 126 valence electrons. The van der Waals surface area contributed by atoms with Crippen molar-refractivity contribution < 1.29 is 9.53 Å². The molecule has 2 aromatic carbocycles. The van der Waals surface area contributed by atoms with E-state index in [2.05, 4.69) is 34.9 Å². The molecule has 0 atom stereocenters. The molecule has 2 N–H and O–H groups in total.